The van der Waals surface area contributed by atoms with Gasteiger partial charge in [0.1, 0.15) is 0 Å². The number of aromatic nitrogens is 1. The molecule has 5 heteroatoms. The molecule has 0 radical (unpaired) electrons. The topological polar surface area (TPSA) is 19.4 Å². The summed E-state index contributed by atoms with van der Waals surface area (Å²) in [6.07, 6.45) is 6.66. The maximum absolute atomic E-state index is 14.7. The zero-order valence-electron chi connectivity index (χ0n) is 12.8. The number of rotatable bonds is 3. The van der Waals surface area contributed by atoms with Crippen LogP contribution in [0, 0.1) is 11.3 Å². The molecule has 3 nitrogen and oxygen atoms in total. The highest BCUT2D eigenvalue weighted by Crippen LogP contribution is 2.50. The van der Waals surface area contributed by atoms with Crippen molar-refractivity contribution in [2.45, 2.75) is 31.6 Å². The lowest BCUT2D eigenvalue weighted by Gasteiger charge is -2.46. The fourth-order valence-corrected chi connectivity index (χ4v) is 4.07. The molecule has 0 unspecified atom stereocenters. The van der Waals surface area contributed by atoms with E-state index in [1.54, 1.807) is 12.4 Å². The molecule has 120 valence electrons. The predicted molar refractivity (Wildman–Crippen MR) is 82.2 cm³/mol. The fraction of sp³-hybridized carbons (Fsp3) is 0.706. The minimum Gasteiger partial charge on any atom is -0.369 e. The Morgan fingerprint density at radius 3 is 2.77 bits per heavy atom. The molecule has 0 aromatic carbocycles. The number of alkyl halides is 2. The van der Waals surface area contributed by atoms with Gasteiger partial charge in [0.2, 0.25) is 0 Å². The Balaban J connectivity index is 1.52. The average Bonchev–Trinajstić information content (AvgIpc) is 3.22. The van der Waals surface area contributed by atoms with Crippen molar-refractivity contribution < 1.29 is 8.78 Å². The summed E-state index contributed by atoms with van der Waals surface area (Å²) < 4.78 is 29.4. The molecule has 4 rings (SSSR count). The highest BCUT2D eigenvalue weighted by Gasteiger charge is 2.59. The average molecular weight is 307 g/mol. The van der Waals surface area contributed by atoms with Gasteiger partial charge in [0.05, 0.1) is 17.3 Å². The third-order valence-electron chi connectivity index (χ3n) is 5.62. The second-order valence-electron chi connectivity index (χ2n) is 7.30. The number of likely N-dealkylation sites (tertiary alicyclic amines) is 1. The van der Waals surface area contributed by atoms with Gasteiger partial charge < -0.3 is 9.80 Å². The molecule has 2 saturated heterocycles. The Bertz CT molecular complexity index is 532. The van der Waals surface area contributed by atoms with Gasteiger partial charge in [-0.25, -0.2) is 8.78 Å². The van der Waals surface area contributed by atoms with Crippen LogP contribution >= 0.6 is 0 Å². The van der Waals surface area contributed by atoms with Crippen molar-refractivity contribution in [3.05, 3.63) is 24.5 Å². The Morgan fingerprint density at radius 1 is 1.18 bits per heavy atom. The molecule has 1 spiro atoms. The Morgan fingerprint density at radius 2 is 2.05 bits per heavy atom. The molecule has 1 aromatic rings. The number of anilines is 1. The quantitative estimate of drug-likeness (QED) is 0.855. The van der Waals surface area contributed by atoms with E-state index in [-0.39, 0.29) is 6.42 Å². The summed E-state index contributed by atoms with van der Waals surface area (Å²) in [6.45, 7) is 3.28. The summed E-state index contributed by atoms with van der Waals surface area (Å²) in [7, 11) is 0. The largest absolute Gasteiger partial charge is 0.369 e. The van der Waals surface area contributed by atoms with Crippen molar-refractivity contribution in [1.82, 2.24) is 9.88 Å². The fourth-order valence-electron chi connectivity index (χ4n) is 4.07. The molecule has 0 amide bonds. The highest BCUT2D eigenvalue weighted by atomic mass is 19.3. The van der Waals surface area contributed by atoms with Crippen LogP contribution < -0.4 is 4.90 Å². The lowest BCUT2D eigenvalue weighted by Crippen LogP contribution is -2.57. The lowest BCUT2D eigenvalue weighted by molar-refractivity contribution is -0.157. The van der Waals surface area contributed by atoms with Crippen LogP contribution in [-0.4, -0.2) is 48.5 Å². The van der Waals surface area contributed by atoms with Gasteiger partial charge in [-0.15, -0.1) is 0 Å². The van der Waals surface area contributed by atoms with Crippen LogP contribution in [0.3, 0.4) is 0 Å². The van der Waals surface area contributed by atoms with E-state index in [0.717, 1.165) is 18.2 Å². The van der Waals surface area contributed by atoms with E-state index >= 15 is 0 Å². The molecule has 2 aliphatic heterocycles. The van der Waals surface area contributed by atoms with Gasteiger partial charge in [0.15, 0.2) is 0 Å². The van der Waals surface area contributed by atoms with Gasteiger partial charge in [0.25, 0.3) is 5.92 Å². The maximum Gasteiger partial charge on any atom is 0.257 e. The van der Waals surface area contributed by atoms with Crippen LogP contribution in [0.15, 0.2) is 24.5 Å². The van der Waals surface area contributed by atoms with Gasteiger partial charge in [-0.05, 0) is 37.3 Å². The van der Waals surface area contributed by atoms with E-state index in [9.17, 15) is 8.78 Å². The molecule has 1 aromatic heterocycles. The summed E-state index contributed by atoms with van der Waals surface area (Å²) in [6, 6.07) is 3.84. The molecule has 3 fully saturated rings. The smallest absolute Gasteiger partial charge is 0.257 e. The zero-order chi connectivity index (χ0) is 15.2. The molecular formula is C17H23F2N3. The second-order valence-corrected chi connectivity index (χ2v) is 7.30. The molecule has 1 atom stereocenters. The van der Waals surface area contributed by atoms with Crippen molar-refractivity contribution in [2.75, 3.05) is 37.6 Å². The molecule has 22 heavy (non-hydrogen) atoms. The predicted octanol–water partition coefficient (Wildman–Crippen LogP) is 3.03. The number of halogens is 2. The normalized spacial score (nSPS) is 31.8. The summed E-state index contributed by atoms with van der Waals surface area (Å²) >= 11 is 0. The first-order valence-corrected chi connectivity index (χ1v) is 8.33. The second kappa shape index (κ2) is 5.15. The number of hydrogen-bond donors (Lipinski definition) is 0. The van der Waals surface area contributed by atoms with Crippen LogP contribution in [0.4, 0.5) is 14.5 Å². The molecule has 1 saturated carbocycles. The number of hydrogen-bond acceptors (Lipinski definition) is 3. The highest BCUT2D eigenvalue weighted by molar-refractivity contribution is 5.45. The van der Waals surface area contributed by atoms with Crippen molar-refractivity contribution in [3.63, 3.8) is 0 Å². The van der Waals surface area contributed by atoms with E-state index in [1.165, 1.54) is 12.8 Å². The molecular weight excluding hydrogens is 284 g/mol. The van der Waals surface area contributed by atoms with E-state index < -0.39 is 11.3 Å². The van der Waals surface area contributed by atoms with Crippen LogP contribution in [0.5, 0.6) is 0 Å². The first-order valence-electron chi connectivity index (χ1n) is 8.33. The van der Waals surface area contributed by atoms with E-state index in [2.05, 4.69) is 14.8 Å². The number of piperidine rings is 1. The van der Waals surface area contributed by atoms with Crippen LogP contribution in [-0.2, 0) is 0 Å². The van der Waals surface area contributed by atoms with Crippen molar-refractivity contribution >= 4 is 5.69 Å². The first-order chi connectivity index (χ1) is 10.6. The summed E-state index contributed by atoms with van der Waals surface area (Å²) in [5, 5.41) is 0. The minimum atomic E-state index is -2.55. The van der Waals surface area contributed by atoms with Crippen molar-refractivity contribution in [2.24, 2.45) is 11.3 Å². The molecule has 1 aliphatic carbocycles. The SMILES string of the molecule is FC1(F)CCN(CC2CC2)C[C@]12CCN(c1cccnc1)C2. The summed E-state index contributed by atoms with van der Waals surface area (Å²) in [4.78, 5) is 8.50. The van der Waals surface area contributed by atoms with Crippen LogP contribution in [0.1, 0.15) is 25.7 Å². The van der Waals surface area contributed by atoms with Gasteiger partial charge in [-0.3, -0.25) is 4.98 Å². The van der Waals surface area contributed by atoms with Crippen molar-refractivity contribution in [3.8, 4) is 0 Å². The molecule has 3 heterocycles. The Kier molecular flexibility index (Phi) is 3.36. The Labute approximate surface area is 130 Å². The van der Waals surface area contributed by atoms with Gasteiger partial charge >= 0.3 is 0 Å². The number of nitrogens with zero attached hydrogens (tertiary/aromatic N) is 3. The molecule has 0 N–H and O–H groups in total. The van der Waals surface area contributed by atoms with E-state index in [0.29, 0.717) is 32.6 Å². The van der Waals surface area contributed by atoms with Gasteiger partial charge in [-0.2, -0.15) is 0 Å². The van der Waals surface area contributed by atoms with Gasteiger partial charge in [-0.1, -0.05) is 0 Å². The third-order valence-corrected chi connectivity index (χ3v) is 5.62. The van der Waals surface area contributed by atoms with E-state index in [1.807, 2.05) is 12.1 Å². The van der Waals surface area contributed by atoms with E-state index in [4.69, 9.17) is 0 Å². The summed E-state index contributed by atoms with van der Waals surface area (Å²) in [5.74, 6) is -1.79. The van der Waals surface area contributed by atoms with Crippen LogP contribution in [0.2, 0.25) is 0 Å². The summed E-state index contributed by atoms with van der Waals surface area (Å²) in [5.41, 5.74) is 0.0881. The Hall–Kier alpha value is -1.23. The van der Waals surface area contributed by atoms with Gasteiger partial charge in [0, 0.05) is 45.3 Å². The zero-order valence-corrected chi connectivity index (χ0v) is 12.8. The number of pyridine rings is 1. The lowest BCUT2D eigenvalue weighted by atomic mass is 9.75. The molecule has 0 bridgehead atoms. The van der Waals surface area contributed by atoms with Crippen LogP contribution in [0.25, 0.3) is 0 Å². The molecule has 3 aliphatic rings. The first kappa shape index (κ1) is 14.4. The maximum atomic E-state index is 14.7. The van der Waals surface area contributed by atoms with Crippen molar-refractivity contribution in [1.29, 1.82) is 0 Å². The monoisotopic (exact) mass is 307 g/mol. The minimum absolute atomic E-state index is 0.0145. The third kappa shape index (κ3) is 2.49. The standard InChI is InChI=1S/C17H23F2N3/c18-17(19)6-8-21(11-14-3-4-14)12-16(17)5-9-22(13-16)15-2-1-7-20-10-15/h1-2,7,10,14H,3-6,8-9,11-13H2/t16-/m0/s1.